The Kier molecular flexibility index (Phi) is 7.54. The molecule has 33 heavy (non-hydrogen) atoms. The Hall–Kier alpha value is -3.00. The highest BCUT2D eigenvalue weighted by Crippen LogP contribution is 2.19. The first-order chi connectivity index (χ1) is 16.0. The van der Waals surface area contributed by atoms with Crippen molar-refractivity contribution in [3.8, 4) is 11.3 Å². The van der Waals surface area contributed by atoms with E-state index < -0.39 is 0 Å². The molecule has 8 heteroatoms. The van der Waals surface area contributed by atoms with Gasteiger partial charge in [0.15, 0.2) is 5.82 Å². The Labute approximate surface area is 195 Å². The maximum absolute atomic E-state index is 13.0. The lowest BCUT2D eigenvalue weighted by atomic mass is 10.1. The summed E-state index contributed by atoms with van der Waals surface area (Å²) in [5, 5.41) is 8.78. The quantitative estimate of drug-likeness (QED) is 0.644. The number of ether oxygens (including phenoxy) is 1. The summed E-state index contributed by atoms with van der Waals surface area (Å²) in [6.45, 7) is 7.67. The Balaban J connectivity index is 1.31. The predicted octanol–water partition coefficient (Wildman–Crippen LogP) is 2.46. The maximum atomic E-state index is 13.0. The van der Waals surface area contributed by atoms with Crippen molar-refractivity contribution < 1.29 is 14.3 Å². The highest BCUT2D eigenvalue weighted by molar-refractivity contribution is 5.85. The second-order valence-corrected chi connectivity index (χ2v) is 9.02. The van der Waals surface area contributed by atoms with Gasteiger partial charge >= 0.3 is 0 Å². The lowest BCUT2D eigenvalue weighted by Crippen LogP contribution is -2.53. The van der Waals surface area contributed by atoms with Gasteiger partial charge in [-0.05, 0) is 25.0 Å². The Morgan fingerprint density at radius 2 is 1.82 bits per heavy atom. The highest BCUT2D eigenvalue weighted by atomic mass is 16.5. The van der Waals surface area contributed by atoms with Crippen LogP contribution in [0.1, 0.15) is 26.7 Å². The van der Waals surface area contributed by atoms with Crippen LogP contribution in [-0.2, 0) is 14.3 Å². The van der Waals surface area contributed by atoms with Gasteiger partial charge in [0.2, 0.25) is 11.8 Å². The average molecular weight is 452 g/mol. The standard InChI is InChI=1S/C25H33N5O3/c1-19(2)25(32)30(17-21-9-6-16-33-21)18-24(31)29-14-12-28(13-15-29)23-11-10-22(26-27-23)20-7-4-3-5-8-20/h3-5,7-8,10-11,19,21H,6,9,12-18H2,1-2H3/t21-/m0/s1. The molecular formula is C25H33N5O3. The number of piperazine rings is 1. The Morgan fingerprint density at radius 3 is 2.42 bits per heavy atom. The molecule has 0 N–H and O–H groups in total. The number of aromatic nitrogens is 2. The van der Waals surface area contributed by atoms with Crippen molar-refractivity contribution in [3.05, 3.63) is 42.5 Å². The summed E-state index contributed by atoms with van der Waals surface area (Å²) in [4.78, 5) is 31.4. The smallest absolute Gasteiger partial charge is 0.242 e. The van der Waals surface area contributed by atoms with Gasteiger partial charge in [0.1, 0.15) is 0 Å². The van der Waals surface area contributed by atoms with Gasteiger partial charge in [-0.2, -0.15) is 0 Å². The minimum atomic E-state index is -0.145. The van der Waals surface area contributed by atoms with E-state index in [2.05, 4.69) is 15.1 Å². The minimum Gasteiger partial charge on any atom is -0.376 e. The van der Waals surface area contributed by atoms with Crippen molar-refractivity contribution in [2.75, 3.05) is 50.8 Å². The van der Waals surface area contributed by atoms with Crippen molar-refractivity contribution >= 4 is 17.6 Å². The maximum Gasteiger partial charge on any atom is 0.242 e. The van der Waals surface area contributed by atoms with Crippen LogP contribution >= 0.6 is 0 Å². The number of carbonyl (C=O) groups excluding carboxylic acids is 2. The van der Waals surface area contributed by atoms with Crippen LogP contribution in [0.25, 0.3) is 11.3 Å². The number of benzene rings is 1. The number of rotatable bonds is 7. The normalized spacial score (nSPS) is 18.6. The van der Waals surface area contributed by atoms with Crippen LogP contribution < -0.4 is 4.90 Å². The van der Waals surface area contributed by atoms with E-state index in [-0.39, 0.29) is 30.4 Å². The van der Waals surface area contributed by atoms with Gasteiger partial charge < -0.3 is 19.4 Å². The molecule has 2 saturated heterocycles. The molecule has 0 unspecified atom stereocenters. The van der Waals surface area contributed by atoms with Crippen molar-refractivity contribution in [3.63, 3.8) is 0 Å². The zero-order valence-electron chi connectivity index (χ0n) is 19.5. The summed E-state index contributed by atoms with van der Waals surface area (Å²) in [6, 6.07) is 13.9. The fourth-order valence-corrected chi connectivity index (χ4v) is 4.34. The lowest BCUT2D eigenvalue weighted by molar-refractivity contribution is -0.143. The zero-order chi connectivity index (χ0) is 23.2. The first kappa shape index (κ1) is 23.2. The molecule has 1 aromatic carbocycles. The first-order valence-corrected chi connectivity index (χ1v) is 11.8. The third-order valence-electron chi connectivity index (χ3n) is 6.26. The van der Waals surface area contributed by atoms with Crippen molar-refractivity contribution in [2.24, 2.45) is 5.92 Å². The van der Waals surface area contributed by atoms with Crippen LogP contribution in [0.2, 0.25) is 0 Å². The monoisotopic (exact) mass is 451 g/mol. The van der Waals surface area contributed by atoms with Crippen LogP contribution in [0, 0.1) is 5.92 Å². The van der Waals surface area contributed by atoms with Crippen LogP contribution in [0.5, 0.6) is 0 Å². The van der Waals surface area contributed by atoms with Crippen LogP contribution in [0.15, 0.2) is 42.5 Å². The van der Waals surface area contributed by atoms with Crippen LogP contribution in [-0.4, -0.2) is 83.8 Å². The second-order valence-electron chi connectivity index (χ2n) is 9.02. The SMILES string of the molecule is CC(C)C(=O)N(CC(=O)N1CCN(c2ccc(-c3ccccc3)nn2)CC1)C[C@@H]1CCCO1. The van der Waals surface area contributed by atoms with Crippen molar-refractivity contribution in [1.29, 1.82) is 0 Å². The molecule has 0 bridgehead atoms. The molecule has 2 amide bonds. The van der Waals surface area contributed by atoms with Gasteiger partial charge in [-0.1, -0.05) is 44.2 Å². The molecule has 3 heterocycles. The molecule has 4 rings (SSSR count). The molecule has 0 radical (unpaired) electrons. The van der Waals surface area contributed by atoms with Crippen molar-refractivity contribution in [1.82, 2.24) is 20.0 Å². The van der Waals surface area contributed by atoms with Crippen molar-refractivity contribution in [2.45, 2.75) is 32.8 Å². The summed E-state index contributed by atoms with van der Waals surface area (Å²) in [6.07, 6.45) is 1.99. The average Bonchev–Trinajstić information content (AvgIpc) is 3.37. The highest BCUT2D eigenvalue weighted by Gasteiger charge is 2.29. The molecule has 176 valence electrons. The number of amides is 2. The van der Waals surface area contributed by atoms with E-state index in [4.69, 9.17) is 4.74 Å². The molecule has 2 aliphatic heterocycles. The second kappa shape index (κ2) is 10.7. The van der Waals surface area contributed by atoms with Gasteiger partial charge in [0.25, 0.3) is 0 Å². The number of hydrogen-bond acceptors (Lipinski definition) is 6. The molecule has 2 aliphatic rings. The molecular weight excluding hydrogens is 418 g/mol. The van der Waals surface area contributed by atoms with Crippen LogP contribution in [0.3, 0.4) is 0 Å². The van der Waals surface area contributed by atoms with Gasteiger partial charge in [-0.15, -0.1) is 10.2 Å². The van der Waals surface area contributed by atoms with E-state index in [1.807, 2.05) is 61.2 Å². The number of hydrogen-bond donors (Lipinski definition) is 0. The van der Waals surface area contributed by atoms with Crippen LogP contribution in [0.4, 0.5) is 5.82 Å². The van der Waals surface area contributed by atoms with E-state index in [0.29, 0.717) is 32.7 Å². The third kappa shape index (κ3) is 5.87. The number of anilines is 1. The molecule has 2 fully saturated rings. The Morgan fingerprint density at radius 1 is 1.06 bits per heavy atom. The van der Waals surface area contributed by atoms with Gasteiger partial charge in [-0.3, -0.25) is 9.59 Å². The van der Waals surface area contributed by atoms with E-state index in [0.717, 1.165) is 36.5 Å². The fraction of sp³-hybridized carbons (Fsp3) is 0.520. The summed E-state index contributed by atoms with van der Waals surface area (Å²) in [5.74, 6) is 0.670. The zero-order valence-corrected chi connectivity index (χ0v) is 19.5. The van der Waals surface area contributed by atoms with E-state index in [9.17, 15) is 9.59 Å². The van der Waals surface area contributed by atoms with Gasteiger partial charge in [0, 0.05) is 50.8 Å². The Bertz CT molecular complexity index is 921. The third-order valence-corrected chi connectivity index (χ3v) is 6.26. The fourth-order valence-electron chi connectivity index (χ4n) is 4.34. The molecule has 0 aliphatic carbocycles. The molecule has 1 atom stereocenters. The molecule has 8 nitrogen and oxygen atoms in total. The predicted molar refractivity (Wildman–Crippen MR) is 127 cm³/mol. The first-order valence-electron chi connectivity index (χ1n) is 11.8. The van der Waals surface area contributed by atoms with Gasteiger partial charge in [-0.25, -0.2) is 0 Å². The molecule has 0 saturated carbocycles. The number of carbonyl (C=O) groups is 2. The summed E-state index contributed by atoms with van der Waals surface area (Å²) in [7, 11) is 0. The number of nitrogens with zero attached hydrogens (tertiary/aromatic N) is 5. The largest absolute Gasteiger partial charge is 0.376 e. The molecule has 1 aromatic heterocycles. The van der Waals surface area contributed by atoms with E-state index >= 15 is 0 Å². The van der Waals surface area contributed by atoms with Gasteiger partial charge in [0.05, 0.1) is 18.3 Å². The van der Waals surface area contributed by atoms with E-state index in [1.165, 1.54) is 0 Å². The van der Waals surface area contributed by atoms with E-state index in [1.54, 1.807) is 4.90 Å². The summed E-state index contributed by atoms with van der Waals surface area (Å²) < 4.78 is 5.70. The summed E-state index contributed by atoms with van der Waals surface area (Å²) in [5.41, 5.74) is 1.88. The molecule has 2 aromatic rings. The topological polar surface area (TPSA) is 78.9 Å². The minimum absolute atomic E-state index is 0.00580. The molecule has 0 spiro atoms. The summed E-state index contributed by atoms with van der Waals surface area (Å²) >= 11 is 0. The lowest BCUT2D eigenvalue weighted by Gasteiger charge is -2.36.